The summed E-state index contributed by atoms with van der Waals surface area (Å²) in [4.78, 5) is 24.3. The molecule has 172 valence electrons. The van der Waals surface area contributed by atoms with Gasteiger partial charge in [-0.2, -0.15) is 4.98 Å². The zero-order valence-electron chi connectivity index (χ0n) is 19.5. The highest BCUT2D eigenvalue weighted by Crippen LogP contribution is 2.57. The predicted molar refractivity (Wildman–Crippen MR) is 131 cm³/mol. The second-order valence-electron chi connectivity index (χ2n) is 9.53. The molecule has 3 aromatic rings. The van der Waals surface area contributed by atoms with Gasteiger partial charge in [0.05, 0.1) is 12.6 Å². The first-order chi connectivity index (χ1) is 16.0. The highest BCUT2D eigenvalue weighted by molar-refractivity contribution is 5.94. The average molecular weight is 446 g/mol. The third kappa shape index (κ3) is 4.32. The van der Waals surface area contributed by atoms with E-state index in [1.165, 1.54) is 0 Å². The first-order valence-electron chi connectivity index (χ1n) is 11.6. The lowest BCUT2D eigenvalue weighted by Gasteiger charge is -2.30. The van der Waals surface area contributed by atoms with Gasteiger partial charge in [0, 0.05) is 37.1 Å². The van der Waals surface area contributed by atoms with Crippen LogP contribution in [0.15, 0.2) is 48.5 Å². The quantitative estimate of drug-likeness (QED) is 0.591. The maximum Gasteiger partial charge on any atom is 0.251 e. The Morgan fingerprint density at radius 1 is 1.09 bits per heavy atom. The molecule has 2 aromatic carbocycles. The second kappa shape index (κ2) is 8.54. The van der Waals surface area contributed by atoms with Crippen LogP contribution in [0, 0.1) is 5.41 Å². The Morgan fingerprint density at radius 3 is 2.64 bits per heavy atom. The first-order valence-corrected chi connectivity index (χ1v) is 11.6. The minimum Gasteiger partial charge on any atom is -0.497 e. The summed E-state index contributed by atoms with van der Waals surface area (Å²) in [5, 5.41) is 7.88. The van der Waals surface area contributed by atoms with Crippen LogP contribution in [0.4, 0.5) is 11.8 Å². The van der Waals surface area contributed by atoms with Gasteiger partial charge in [0.25, 0.3) is 5.91 Å². The van der Waals surface area contributed by atoms with E-state index in [2.05, 4.69) is 16.7 Å². The molecule has 0 radical (unpaired) electrons. The molecular weight excluding hydrogens is 414 g/mol. The van der Waals surface area contributed by atoms with Crippen LogP contribution >= 0.6 is 0 Å². The van der Waals surface area contributed by atoms with Crippen LogP contribution in [0.2, 0.25) is 0 Å². The molecule has 0 bridgehead atoms. The maximum atomic E-state index is 12.7. The zero-order chi connectivity index (χ0) is 23.0. The first kappa shape index (κ1) is 21.5. The van der Waals surface area contributed by atoms with Crippen LogP contribution in [0.1, 0.15) is 42.5 Å². The standard InChI is InChI=1S/C26H31N5O2/c1-31(2)23-20-9-4-5-10-21(20)28-25(30-23)29-22-16-26(22)13-11-18(12-14-26)27-24(32)17-7-6-8-19(15-17)33-3/h4-10,15,18,22H,11-14,16H2,1-3H3,(H,27,32)(H,28,29,30). The number of methoxy groups -OCH3 is 1. The van der Waals surface area contributed by atoms with Crippen LogP contribution in [0.3, 0.4) is 0 Å². The molecule has 1 spiro atoms. The molecule has 5 rings (SSSR count). The molecule has 2 saturated carbocycles. The third-order valence-electron chi connectivity index (χ3n) is 7.15. The van der Waals surface area contributed by atoms with E-state index in [9.17, 15) is 4.79 Å². The number of rotatable bonds is 6. The number of aromatic nitrogens is 2. The van der Waals surface area contributed by atoms with E-state index in [0.717, 1.165) is 48.8 Å². The van der Waals surface area contributed by atoms with Crippen LogP contribution in [0.5, 0.6) is 5.75 Å². The highest BCUT2D eigenvalue weighted by Gasteiger charge is 2.55. The normalized spacial score (nSPS) is 23.8. The molecule has 1 amide bonds. The van der Waals surface area contributed by atoms with Crippen molar-refractivity contribution in [2.24, 2.45) is 5.41 Å². The Hall–Kier alpha value is -3.35. The number of anilines is 2. The molecule has 2 N–H and O–H groups in total. The van der Waals surface area contributed by atoms with Crippen molar-refractivity contribution in [2.45, 2.75) is 44.2 Å². The SMILES string of the molecule is COc1cccc(C(=O)NC2CCC3(CC2)CC3Nc2nc(N(C)C)c3ccccc3n2)c1. The van der Waals surface area contributed by atoms with Crippen molar-refractivity contribution in [1.29, 1.82) is 0 Å². The van der Waals surface area contributed by atoms with Gasteiger partial charge >= 0.3 is 0 Å². The Bertz CT molecular complexity index is 1170. The van der Waals surface area contributed by atoms with Crippen molar-refractivity contribution in [3.63, 3.8) is 0 Å². The number of ether oxygens (including phenoxy) is 1. The molecule has 2 aliphatic rings. The van der Waals surface area contributed by atoms with Gasteiger partial charge in [0.1, 0.15) is 11.6 Å². The fourth-order valence-corrected chi connectivity index (χ4v) is 5.10. The minimum atomic E-state index is -0.0268. The Kier molecular flexibility index (Phi) is 5.56. The Labute approximate surface area is 194 Å². The van der Waals surface area contributed by atoms with Crippen LogP contribution in [-0.2, 0) is 0 Å². The van der Waals surface area contributed by atoms with E-state index >= 15 is 0 Å². The number of para-hydroxylation sites is 1. The minimum absolute atomic E-state index is 0.0268. The fourth-order valence-electron chi connectivity index (χ4n) is 5.10. The number of benzene rings is 2. The van der Waals surface area contributed by atoms with E-state index in [1.807, 2.05) is 55.4 Å². The number of amides is 1. The van der Waals surface area contributed by atoms with Gasteiger partial charge in [-0.1, -0.05) is 18.2 Å². The zero-order valence-corrected chi connectivity index (χ0v) is 19.5. The summed E-state index contributed by atoms with van der Waals surface area (Å²) in [5.41, 5.74) is 1.90. The van der Waals surface area contributed by atoms with E-state index in [4.69, 9.17) is 14.7 Å². The van der Waals surface area contributed by atoms with Crippen LogP contribution in [0.25, 0.3) is 10.9 Å². The summed E-state index contributed by atoms with van der Waals surface area (Å²) >= 11 is 0. The van der Waals surface area contributed by atoms with Gasteiger partial charge in [0.2, 0.25) is 5.95 Å². The molecule has 7 nitrogen and oxygen atoms in total. The van der Waals surface area contributed by atoms with Gasteiger partial charge in [-0.05, 0) is 67.9 Å². The molecule has 33 heavy (non-hydrogen) atoms. The molecule has 1 atom stereocenters. The summed E-state index contributed by atoms with van der Waals surface area (Å²) in [6, 6.07) is 16.0. The number of hydrogen-bond donors (Lipinski definition) is 2. The molecule has 1 aromatic heterocycles. The number of hydrogen-bond acceptors (Lipinski definition) is 6. The lowest BCUT2D eigenvalue weighted by Crippen LogP contribution is -2.38. The van der Waals surface area contributed by atoms with Crippen molar-refractivity contribution < 1.29 is 9.53 Å². The lowest BCUT2D eigenvalue weighted by molar-refractivity contribution is 0.0919. The number of nitrogens with one attached hydrogen (secondary N) is 2. The number of fused-ring (bicyclic) bond motifs is 1. The topological polar surface area (TPSA) is 79.4 Å². The van der Waals surface area contributed by atoms with Gasteiger partial charge in [-0.25, -0.2) is 4.98 Å². The predicted octanol–water partition coefficient (Wildman–Crippen LogP) is 4.25. The molecule has 2 aliphatic carbocycles. The van der Waals surface area contributed by atoms with E-state index in [0.29, 0.717) is 28.7 Å². The summed E-state index contributed by atoms with van der Waals surface area (Å²) in [6.07, 6.45) is 5.32. The maximum absolute atomic E-state index is 12.7. The molecule has 7 heteroatoms. The van der Waals surface area contributed by atoms with Crippen molar-refractivity contribution in [3.05, 3.63) is 54.1 Å². The molecule has 1 heterocycles. The molecule has 1 unspecified atom stereocenters. The molecular formula is C26H31N5O2. The molecule has 0 aliphatic heterocycles. The van der Waals surface area contributed by atoms with Crippen LogP contribution in [-0.4, -0.2) is 49.2 Å². The largest absolute Gasteiger partial charge is 0.497 e. The van der Waals surface area contributed by atoms with Gasteiger partial charge in [0.15, 0.2) is 0 Å². The average Bonchev–Trinajstić information content (AvgIpc) is 3.50. The summed E-state index contributed by atoms with van der Waals surface area (Å²) in [5.74, 6) is 2.31. The summed E-state index contributed by atoms with van der Waals surface area (Å²) in [7, 11) is 5.64. The number of carbonyl (C=O) groups excluding carboxylic acids is 1. The van der Waals surface area contributed by atoms with Crippen molar-refractivity contribution in [3.8, 4) is 5.75 Å². The van der Waals surface area contributed by atoms with E-state index in [-0.39, 0.29) is 11.9 Å². The van der Waals surface area contributed by atoms with E-state index in [1.54, 1.807) is 13.2 Å². The Balaban J connectivity index is 1.20. The van der Waals surface area contributed by atoms with Gasteiger partial charge in [-0.15, -0.1) is 0 Å². The smallest absolute Gasteiger partial charge is 0.251 e. The van der Waals surface area contributed by atoms with Gasteiger partial charge in [-0.3, -0.25) is 4.79 Å². The second-order valence-corrected chi connectivity index (χ2v) is 9.53. The van der Waals surface area contributed by atoms with Crippen molar-refractivity contribution >= 4 is 28.6 Å². The van der Waals surface area contributed by atoms with E-state index < -0.39 is 0 Å². The number of nitrogens with zero attached hydrogens (tertiary/aromatic N) is 3. The fraction of sp³-hybridized carbons (Fsp3) is 0.423. The summed E-state index contributed by atoms with van der Waals surface area (Å²) in [6.45, 7) is 0. The summed E-state index contributed by atoms with van der Waals surface area (Å²) < 4.78 is 5.24. The van der Waals surface area contributed by atoms with Crippen molar-refractivity contribution in [1.82, 2.24) is 15.3 Å². The monoisotopic (exact) mass is 445 g/mol. The molecule has 2 fully saturated rings. The third-order valence-corrected chi connectivity index (χ3v) is 7.15. The van der Waals surface area contributed by atoms with Gasteiger partial charge < -0.3 is 20.3 Å². The lowest BCUT2D eigenvalue weighted by atomic mass is 9.82. The number of carbonyl (C=O) groups is 1. The molecule has 0 saturated heterocycles. The highest BCUT2D eigenvalue weighted by atomic mass is 16.5. The van der Waals surface area contributed by atoms with Crippen LogP contribution < -0.4 is 20.3 Å². The van der Waals surface area contributed by atoms with Crippen molar-refractivity contribution in [2.75, 3.05) is 31.4 Å². The Morgan fingerprint density at radius 2 is 1.88 bits per heavy atom.